The third-order valence-corrected chi connectivity index (χ3v) is 5.49. The Labute approximate surface area is 125 Å². The van der Waals surface area contributed by atoms with Crippen molar-refractivity contribution in [2.75, 3.05) is 13.1 Å². The fourth-order valence-corrected chi connectivity index (χ4v) is 3.52. The van der Waals surface area contributed by atoms with E-state index in [1.165, 1.54) is 25.7 Å². The topological polar surface area (TPSA) is 42.4 Å². The number of nitrogens with two attached hydrogens (primary N) is 1. The normalized spacial score (nSPS) is 18.7. The zero-order valence-electron chi connectivity index (χ0n) is 10.7. The Morgan fingerprint density at radius 1 is 1.44 bits per heavy atom. The molecular formula is C13H20Br2N2O. The molecule has 1 heterocycles. The molecule has 2 rings (SSSR count). The molecule has 0 saturated heterocycles. The van der Waals surface area contributed by atoms with Crippen molar-refractivity contribution < 1.29 is 4.42 Å². The molecule has 5 heteroatoms. The molecule has 0 radical (unpaired) electrons. The van der Waals surface area contributed by atoms with Crippen molar-refractivity contribution in [3.8, 4) is 0 Å². The van der Waals surface area contributed by atoms with Crippen LogP contribution in [0.3, 0.4) is 0 Å². The zero-order valence-corrected chi connectivity index (χ0v) is 13.8. The van der Waals surface area contributed by atoms with Crippen LogP contribution in [-0.2, 0) is 0 Å². The van der Waals surface area contributed by atoms with Crippen LogP contribution in [0.2, 0.25) is 0 Å². The van der Waals surface area contributed by atoms with Crippen molar-refractivity contribution in [3.63, 3.8) is 0 Å². The van der Waals surface area contributed by atoms with E-state index >= 15 is 0 Å². The molecule has 1 aliphatic rings. The molecule has 2 N–H and O–H groups in total. The fourth-order valence-electron chi connectivity index (χ4n) is 2.91. The first kappa shape index (κ1) is 14.6. The van der Waals surface area contributed by atoms with E-state index in [2.05, 4.69) is 43.7 Å². The van der Waals surface area contributed by atoms with Crippen LogP contribution in [-0.4, -0.2) is 24.0 Å². The van der Waals surface area contributed by atoms with E-state index in [0.29, 0.717) is 12.6 Å². The van der Waals surface area contributed by atoms with Crippen LogP contribution in [0, 0.1) is 0 Å². The summed E-state index contributed by atoms with van der Waals surface area (Å²) in [6.45, 7) is 3.81. The van der Waals surface area contributed by atoms with Gasteiger partial charge in [-0.2, -0.15) is 0 Å². The summed E-state index contributed by atoms with van der Waals surface area (Å²) in [5.74, 6) is 0.949. The number of rotatable bonds is 5. The van der Waals surface area contributed by atoms with Crippen LogP contribution < -0.4 is 5.73 Å². The lowest BCUT2D eigenvalue weighted by Crippen LogP contribution is -2.39. The van der Waals surface area contributed by atoms with Crippen molar-refractivity contribution in [2.24, 2.45) is 5.73 Å². The van der Waals surface area contributed by atoms with Crippen molar-refractivity contribution in [1.29, 1.82) is 0 Å². The molecular weight excluding hydrogens is 360 g/mol. The SMILES string of the molecule is CCN(C1CCCC1)C(CN)c1cc(Br)c(Br)o1. The lowest BCUT2D eigenvalue weighted by Gasteiger charge is -2.33. The number of hydrogen-bond acceptors (Lipinski definition) is 3. The maximum atomic E-state index is 5.98. The summed E-state index contributed by atoms with van der Waals surface area (Å²) in [4.78, 5) is 2.49. The van der Waals surface area contributed by atoms with Crippen LogP contribution in [0.25, 0.3) is 0 Å². The monoisotopic (exact) mass is 378 g/mol. The molecule has 0 spiro atoms. The quantitative estimate of drug-likeness (QED) is 0.838. The van der Waals surface area contributed by atoms with E-state index in [9.17, 15) is 0 Å². The van der Waals surface area contributed by atoms with E-state index in [1.54, 1.807) is 0 Å². The Hall–Kier alpha value is 0.160. The predicted octanol–water partition coefficient (Wildman–Crippen LogP) is 4.07. The van der Waals surface area contributed by atoms with E-state index in [0.717, 1.165) is 21.4 Å². The van der Waals surface area contributed by atoms with Gasteiger partial charge >= 0.3 is 0 Å². The smallest absolute Gasteiger partial charge is 0.183 e. The average Bonchev–Trinajstić information content (AvgIpc) is 2.97. The van der Waals surface area contributed by atoms with Gasteiger partial charge in [-0.05, 0) is 57.3 Å². The molecule has 1 aromatic rings. The Balaban J connectivity index is 2.19. The molecule has 1 atom stereocenters. The van der Waals surface area contributed by atoms with Gasteiger partial charge in [0.15, 0.2) is 4.67 Å². The van der Waals surface area contributed by atoms with Gasteiger partial charge in [0.25, 0.3) is 0 Å². The van der Waals surface area contributed by atoms with Gasteiger partial charge < -0.3 is 10.2 Å². The minimum absolute atomic E-state index is 0.181. The van der Waals surface area contributed by atoms with Crippen molar-refractivity contribution in [2.45, 2.75) is 44.7 Å². The van der Waals surface area contributed by atoms with E-state index < -0.39 is 0 Å². The molecule has 1 fully saturated rings. The first-order valence-electron chi connectivity index (χ1n) is 6.57. The summed E-state index contributed by atoms with van der Waals surface area (Å²) >= 11 is 6.86. The van der Waals surface area contributed by atoms with Crippen LogP contribution in [0.15, 0.2) is 19.6 Å². The highest BCUT2D eigenvalue weighted by atomic mass is 79.9. The summed E-state index contributed by atoms with van der Waals surface area (Å²) in [5, 5.41) is 0. The zero-order chi connectivity index (χ0) is 13.1. The van der Waals surface area contributed by atoms with Gasteiger partial charge in [-0.15, -0.1) is 0 Å². The lowest BCUT2D eigenvalue weighted by atomic mass is 10.1. The van der Waals surface area contributed by atoms with Crippen molar-refractivity contribution in [3.05, 3.63) is 21.0 Å². The number of furan rings is 1. The number of likely N-dealkylation sites (N-methyl/N-ethyl adjacent to an activating group) is 1. The molecule has 3 nitrogen and oxygen atoms in total. The molecule has 1 unspecified atom stereocenters. The highest BCUT2D eigenvalue weighted by Gasteiger charge is 2.30. The summed E-state index contributed by atoms with van der Waals surface area (Å²) < 4.78 is 7.46. The van der Waals surface area contributed by atoms with Gasteiger partial charge in [-0.1, -0.05) is 19.8 Å². The molecule has 1 aromatic heterocycles. The van der Waals surface area contributed by atoms with E-state index in [1.807, 2.05) is 6.07 Å². The predicted molar refractivity (Wildman–Crippen MR) is 80.5 cm³/mol. The second-order valence-electron chi connectivity index (χ2n) is 4.79. The number of hydrogen-bond donors (Lipinski definition) is 1. The largest absolute Gasteiger partial charge is 0.451 e. The second-order valence-corrected chi connectivity index (χ2v) is 6.37. The molecule has 1 saturated carbocycles. The third-order valence-electron chi connectivity index (χ3n) is 3.78. The fraction of sp³-hybridized carbons (Fsp3) is 0.692. The van der Waals surface area contributed by atoms with E-state index in [-0.39, 0.29) is 6.04 Å². The highest BCUT2D eigenvalue weighted by molar-refractivity contribution is 9.13. The molecule has 18 heavy (non-hydrogen) atoms. The summed E-state index contributed by atoms with van der Waals surface area (Å²) in [7, 11) is 0. The van der Waals surface area contributed by atoms with Gasteiger partial charge in [0.05, 0.1) is 10.5 Å². The van der Waals surface area contributed by atoms with E-state index in [4.69, 9.17) is 10.2 Å². The van der Waals surface area contributed by atoms with Crippen LogP contribution in [0.1, 0.15) is 44.4 Å². The van der Waals surface area contributed by atoms with Crippen LogP contribution in [0.5, 0.6) is 0 Å². The number of halogens is 2. The van der Waals surface area contributed by atoms with Crippen LogP contribution >= 0.6 is 31.9 Å². The average molecular weight is 380 g/mol. The summed E-state index contributed by atoms with van der Waals surface area (Å²) in [6, 6.07) is 2.87. The van der Waals surface area contributed by atoms with Gasteiger partial charge in [0.2, 0.25) is 0 Å². The lowest BCUT2D eigenvalue weighted by molar-refractivity contribution is 0.130. The van der Waals surface area contributed by atoms with Crippen molar-refractivity contribution >= 4 is 31.9 Å². The molecule has 0 aromatic carbocycles. The Morgan fingerprint density at radius 3 is 2.56 bits per heavy atom. The maximum Gasteiger partial charge on any atom is 0.183 e. The second kappa shape index (κ2) is 6.55. The Kier molecular flexibility index (Phi) is 5.30. The summed E-state index contributed by atoms with van der Waals surface area (Å²) in [6.07, 6.45) is 5.24. The van der Waals surface area contributed by atoms with Gasteiger partial charge in [0.1, 0.15) is 5.76 Å². The summed E-state index contributed by atoms with van der Waals surface area (Å²) in [5.41, 5.74) is 5.98. The molecule has 102 valence electrons. The first-order chi connectivity index (χ1) is 8.67. The van der Waals surface area contributed by atoms with Gasteiger partial charge in [-0.25, -0.2) is 0 Å². The standard InChI is InChI=1S/C13H20Br2N2O/c1-2-17(9-5-3-4-6-9)11(8-16)12-7-10(14)13(15)18-12/h7,9,11H,2-6,8,16H2,1H3. The van der Waals surface area contributed by atoms with Crippen molar-refractivity contribution in [1.82, 2.24) is 4.90 Å². The maximum absolute atomic E-state index is 5.98. The molecule has 0 amide bonds. The van der Waals surface area contributed by atoms with Gasteiger partial charge in [-0.3, -0.25) is 4.90 Å². The Bertz CT molecular complexity index is 369. The molecule has 0 aliphatic heterocycles. The minimum atomic E-state index is 0.181. The highest BCUT2D eigenvalue weighted by Crippen LogP contribution is 2.35. The Morgan fingerprint density at radius 2 is 2.11 bits per heavy atom. The van der Waals surface area contributed by atoms with Gasteiger partial charge in [0, 0.05) is 12.6 Å². The molecule has 1 aliphatic carbocycles. The molecule has 0 bridgehead atoms. The van der Waals surface area contributed by atoms with Crippen LogP contribution in [0.4, 0.5) is 0 Å². The third kappa shape index (κ3) is 3.00. The number of nitrogens with zero attached hydrogens (tertiary/aromatic N) is 1. The minimum Gasteiger partial charge on any atom is -0.451 e. The first-order valence-corrected chi connectivity index (χ1v) is 8.16.